The number of nitrogens with zero attached hydrogens (tertiary/aromatic N) is 1. The summed E-state index contributed by atoms with van der Waals surface area (Å²) in [6.45, 7) is 0.682. The molecule has 1 unspecified atom stereocenters. The fraction of sp³-hybridized carbons (Fsp3) is 0.955. The second-order valence-electron chi connectivity index (χ2n) is 10.5. The molecule has 0 aromatic rings. The van der Waals surface area contributed by atoms with E-state index in [0.29, 0.717) is 18.9 Å². The average Bonchev–Trinajstić information content (AvgIpc) is 3.07. The van der Waals surface area contributed by atoms with E-state index in [-0.39, 0.29) is 52.8 Å². The normalized spacial score (nSPS) is 63.0. The van der Waals surface area contributed by atoms with Gasteiger partial charge in [-0.2, -0.15) is 0 Å². The van der Waals surface area contributed by atoms with E-state index in [1.807, 2.05) is 7.11 Å². The number of methoxy groups -OCH3 is 3. The lowest BCUT2D eigenvalue weighted by molar-refractivity contribution is -0.231. The number of ether oxygens (including phenoxy) is 3. The Hall–Kier alpha value is -0.530. The third kappa shape index (κ3) is 1.71. The third-order valence-corrected chi connectivity index (χ3v) is 10.2. The van der Waals surface area contributed by atoms with E-state index in [9.17, 15) is 10.2 Å². The molecule has 7 bridgehead atoms. The summed E-state index contributed by atoms with van der Waals surface area (Å²) in [6.07, 6.45) is 6.26. The second-order valence-corrected chi connectivity index (χ2v) is 10.5. The van der Waals surface area contributed by atoms with E-state index in [1.165, 1.54) is 0 Å². The molecule has 0 radical (unpaired) electrons. The molecule has 28 heavy (non-hydrogen) atoms. The molecule has 2 N–H and O–H groups in total. The van der Waals surface area contributed by atoms with Gasteiger partial charge in [0, 0.05) is 62.5 Å². The smallest absolute Gasteiger partial charge is 0.0776 e. The maximum absolute atomic E-state index is 12.1. The van der Waals surface area contributed by atoms with Gasteiger partial charge in [-0.15, -0.1) is 0 Å². The Balaban J connectivity index is 1.57. The zero-order valence-electron chi connectivity index (χ0n) is 17.1. The zero-order chi connectivity index (χ0) is 19.5. The Bertz CT molecular complexity index is 715. The van der Waals surface area contributed by atoms with Crippen molar-refractivity contribution in [3.8, 4) is 0 Å². The van der Waals surface area contributed by atoms with Crippen LogP contribution in [-0.4, -0.2) is 74.3 Å². The fourth-order valence-corrected chi connectivity index (χ4v) is 9.60. The third-order valence-electron chi connectivity index (χ3n) is 10.2. The van der Waals surface area contributed by atoms with Crippen molar-refractivity contribution in [2.24, 2.45) is 45.4 Å². The molecule has 156 valence electrons. The van der Waals surface area contributed by atoms with Gasteiger partial charge in [0.15, 0.2) is 0 Å². The number of rotatable bonds is 4. The Morgan fingerprint density at radius 2 is 1.96 bits per heavy atom. The van der Waals surface area contributed by atoms with Crippen molar-refractivity contribution in [1.29, 1.82) is 0 Å². The van der Waals surface area contributed by atoms with Gasteiger partial charge in [0.25, 0.3) is 0 Å². The molecule has 6 nitrogen and oxygen atoms in total. The van der Waals surface area contributed by atoms with Crippen molar-refractivity contribution in [1.82, 2.24) is 0 Å². The zero-order valence-corrected chi connectivity index (χ0v) is 17.1. The maximum Gasteiger partial charge on any atom is 0.0776 e. The van der Waals surface area contributed by atoms with Gasteiger partial charge >= 0.3 is 0 Å². The molecule has 5 aliphatic carbocycles. The quantitative estimate of drug-likeness (QED) is 0.755. The number of aliphatic hydroxyl groups is 2. The van der Waals surface area contributed by atoms with E-state index < -0.39 is 11.7 Å². The molecular weight excluding hydrogens is 358 g/mol. The minimum Gasteiger partial charge on any atom is -0.392 e. The molecule has 1 heterocycles. The lowest BCUT2D eigenvalue weighted by Gasteiger charge is -2.64. The Morgan fingerprint density at radius 3 is 2.68 bits per heavy atom. The molecule has 0 amide bonds. The number of fused-ring (bicyclic) bond motifs is 2. The molecule has 0 aromatic heterocycles. The molecule has 5 fully saturated rings. The van der Waals surface area contributed by atoms with Crippen LogP contribution in [0.25, 0.3) is 0 Å². The first-order valence-corrected chi connectivity index (χ1v) is 11.0. The van der Waals surface area contributed by atoms with Gasteiger partial charge in [-0.1, -0.05) is 0 Å². The summed E-state index contributed by atoms with van der Waals surface area (Å²) < 4.78 is 17.7. The Morgan fingerprint density at radius 1 is 1.14 bits per heavy atom. The summed E-state index contributed by atoms with van der Waals surface area (Å²) >= 11 is 0. The van der Waals surface area contributed by atoms with Crippen LogP contribution in [0.1, 0.15) is 32.1 Å². The summed E-state index contributed by atoms with van der Waals surface area (Å²) in [7, 11) is 5.34. The minimum absolute atomic E-state index is 0.0618. The number of aliphatic imine (C=N–C) groups is 1. The van der Waals surface area contributed by atoms with Crippen molar-refractivity contribution in [3.63, 3.8) is 0 Å². The van der Waals surface area contributed by atoms with Crippen LogP contribution in [0, 0.1) is 40.4 Å². The molecule has 0 saturated heterocycles. The molecule has 1 spiro atoms. The first kappa shape index (κ1) is 18.3. The van der Waals surface area contributed by atoms with E-state index in [1.54, 1.807) is 14.2 Å². The lowest BCUT2D eigenvalue weighted by Crippen LogP contribution is -2.70. The highest BCUT2D eigenvalue weighted by Crippen LogP contribution is 2.78. The van der Waals surface area contributed by atoms with Crippen LogP contribution >= 0.6 is 0 Å². The molecule has 12 atom stereocenters. The average molecular weight is 392 g/mol. The molecule has 6 heteroatoms. The van der Waals surface area contributed by atoms with Crippen LogP contribution in [-0.2, 0) is 14.2 Å². The van der Waals surface area contributed by atoms with Gasteiger partial charge < -0.3 is 24.4 Å². The predicted molar refractivity (Wildman–Crippen MR) is 102 cm³/mol. The fourth-order valence-electron chi connectivity index (χ4n) is 9.60. The van der Waals surface area contributed by atoms with E-state index in [0.717, 1.165) is 25.7 Å². The van der Waals surface area contributed by atoms with Crippen molar-refractivity contribution in [2.75, 3.05) is 27.9 Å². The van der Waals surface area contributed by atoms with Gasteiger partial charge in [0.1, 0.15) is 0 Å². The van der Waals surface area contributed by atoms with E-state index in [2.05, 4.69) is 6.21 Å². The topological polar surface area (TPSA) is 80.5 Å². The summed E-state index contributed by atoms with van der Waals surface area (Å²) in [5, 5.41) is 23.4. The first-order valence-electron chi connectivity index (χ1n) is 11.0. The summed E-state index contributed by atoms with van der Waals surface area (Å²) in [4.78, 5) is 5.17. The van der Waals surface area contributed by atoms with E-state index in [4.69, 9.17) is 19.2 Å². The number of hydrogen-bond donors (Lipinski definition) is 2. The largest absolute Gasteiger partial charge is 0.392 e. The van der Waals surface area contributed by atoms with Crippen LogP contribution < -0.4 is 0 Å². The Kier molecular flexibility index (Phi) is 3.64. The van der Waals surface area contributed by atoms with Crippen molar-refractivity contribution in [3.05, 3.63) is 0 Å². The first-order chi connectivity index (χ1) is 13.5. The molecule has 6 rings (SSSR count). The van der Waals surface area contributed by atoms with Crippen molar-refractivity contribution >= 4 is 6.21 Å². The molecular formula is C22H33NO5. The predicted octanol–water partition coefficient (Wildman–Crippen LogP) is 1.28. The highest BCUT2D eigenvalue weighted by atomic mass is 16.5. The summed E-state index contributed by atoms with van der Waals surface area (Å²) in [6, 6.07) is 0.0838. The van der Waals surface area contributed by atoms with Gasteiger partial charge in [-0.3, -0.25) is 4.99 Å². The maximum atomic E-state index is 12.1. The molecule has 6 aliphatic rings. The van der Waals surface area contributed by atoms with Crippen molar-refractivity contribution < 1.29 is 24.4 Å². The monoisotopic (exact) mass is 391 g/mol. The van der Waals surface area contributed by atoms with Crippen molar-refractivity contribution in [2.45, 2.75) is 62.1 Å². The molecule has 0 aromatic carbocycles. The van der Waals surface area contributed by atoms with Gasteiger partial charge in [-0.25, -0.2) is 0 Å². The van der Waals surface area contributed by atoms with Gasteiger partial charge in [0.05, 0.1) is 36.6 Å². The van der Waals surface area contributed by atoms with Crippen LogP contribution in [0.15, 0.2) is 4.99 Å². The molecule has 1 aliphatic heterocycles. The van der Waals surface area contributed by atoms with Crippen LogP contribution in [0.3, 0.4) is 0 Å². The minimum atomic E-state index is -0.899. The van der Waals surface area contributed by atoms with Crippen LogP contribution in [0.2, 0.25) is 0 Å². The van der Waals surface area contributed by atoms with Crippen LogP contribution in [0.4, 0.5) is 0 Å². The molecule has 5 saturated carbocycles. The number of aliphatic hydroxyl groups excluding tert-OH is 1. The van der Waals surface area contributed by atoms with Gasteiger partial charge in [-0.05, 0) is 37.5 Å². The summed E-state index contributed by atoms with van der Waals surface area (Å²) in [5.74, 6) is 0.716. The lowest BCUT2D eigenvalue weighted by atomic mass is 9.44. The number of hydrogen-bond acceptors (Lipinski definition) is 6. The van der Waals surface area contributed by atoms with E-state index >= 15 is 0 Å². The SMILES string of the molecule is COC[C@]12C=NC3[C@@H]4C[C@H]1[C@@]3([C@@H](OC)CC2)[C@@H]1C[C@H]2[C@H](O)[C@@H]1[C@]4(O)C[C@@H]2OC. The van der Waals surface area contributed by atoms with Crippen LogP contribution in [0.5, 0.6) is 0 Å². The Labute approximate surface area is 166 Å². The second kappa shape index (κ2) is 5.58. The van der Waals surface area contributed by atoms with Gasteiger partial charge in [0.2, 0.25) is 0 Å². The summed E-state index contributed by atoms with van der Waals surface area (Å²) in [5.41, 5.74) is -1.06. The highest BCUT2D eigenvalue weighted by Gasteiger charge is 2.82. The standard InChI is InChI=1S/C22H33NO5/c1-26-10-20-5-4-16(28-3)22-12-6-11-14(27-2)8-21(25,17(12)18(11)24)13(7-15(20)22)19(22)23-9-20/h9,11-19,24-25H,4-8,10H2,1-3H3/t11-,12-,13+,14+,15-,16+,17-,18+,19?,20+,21+,22-/m1/s1. The highest BCUT2D eigenvalue weighted by molar-refractivity contribution is 5.70.